The van der Waals surface area contributed by atoms with E-state index in [1.165, 1.54) is 0 Å². The van der Waals surface area contributed by atoms with E-state index in [0.29, 0.717) is 6.54 Å². The van der Waals surface area contributed by atoms with Gasteiger partial charge in [-0.25, -0.2) is 0 Å². The van der Waals surface area contributed by atoms with Crippen LogP contribution < -0.4 is 11.1 Å². The molecule has 1 aliphatic rings. The quantitative estimate of drug-likeness (QED) is 0.500. The summed E-state index contributed by atoms with van der Waals surface area (Å²) in [6.07, 6.45) is 3.15. The Kier molecular flexibility index (Phi) is 3.82. The van der Waals surface area contributed by atoms with E-state index in [1.807, 2.05) is 0 Å². The Morgan fingerprint density at radius 1 is 1.71 bits per heavy atom. The molecule has 2 atom stereocenters. The first-order valence-corrected chi connectivity index (χ1v) is 4.51. The molecular formula is C8H14N2O3S. The van der Waals surface area contributed by atoms with Crippen molar-refractivity contribution in [1.82, 2.24) is 5.32 Å². The highest BCUT2D eigenvalue weighted by Gasteiger charge is 2.35. The van der Waals surface area contributed by atoms with Crippen LogP contribution in [0.3, 0.4) is 0 Å². The fraction of sp³-hybridized carbons (Fsp3) is 0.625. The van der Waals surface area contributed by atoms with Gasteiger partial charge in [0.05, 0.1) is 6.54 Å². The average molecular weight is 218 g/mol. The third kappa shape index (κ3) is 2.65. The van der Waals surface area contributed by atoms with Gasteiger partial charge in [-0.3, -0.25) is 0 Å². The van der Waals surface area contributed by atoms with Crippen LogP contribution in [0.5, 0.6) is 0 Å². The fourth-order valence-corrected chi connectivity index (χ4v) is 1.20. The molecule has 3 N–H and O–H groups in total. The van der Waals surface area contributed by atoms with Crippen LogP contribution in [0.2, 0.25) is 0 Å². The van der Waals surface area contributed by atoms with Gasteiger partial charge in [0.2, 0.25) is 5.79 Å². The van der Waals surface area contributed by atoms with Crippen molar-refractivity contribution in [3.63, 3.8) is 0 Å². The summed E-state index contributed by atoms with van der Waals surface area (Å²) in [4.78, 5) is 0. The van der Waals surface area contributed by atoms with Crippen molar-refractivity contribution in [1.29, 1.82) is 0 Å². The van der Waals surface area contributed by atoms with Gasteiger partial charge < -0.3 is 25.3 Å². The van der Waals surface area contributed by atoms with E-state index in [1.54, 1.807) is 26.4 Å². The van der Waals surface area contributed by atoms with Gasteiger partial charge in [-0.05, 0) is 24.4 Å². The maximum absolute atomic E-state index is 5.46. The lowest BCUT2D eigenvalue weighted by Crippen LogP contribution is -2.46. The molecule has 0 saturated heterocycles. The molecule has 0 spiro atoms. The lowest BCUT2D eigenvalue weighted by atomic mass is 10.3. The summed E-state index contributed by atoms with van der Waals surface area (Å²) in [6.45, 7) is 0.356. The van der Waals surface area contributed by atoms with E-state index in [-0.39, 0.29) is 11.4 Å². The molecule has 0 aromatic rings. The van der Waals surface area contributed by atoms with Crippen LogP contribution in [0.25, 0.3) is 0 Å². The Hall–Kier alpha value is -0.690. The van der Waals surface area contributed by atoms with Crippen molar-refractivity contribution in [3.05, 3.63) is 12.2 Å². The molecular weight excluding hydrogens is 204 g/mol. The fourth-order valence-electron chi connectivity index (χ4n) is 1.13. The van der Waals surface area contributed by atoms with Crippen molar-refractivity contribution < 1.29 is 14.2 Å². The van der Waals surface area contributed by atoms with Crippen molar-refractivity contribution >= 4 is 17.3 Å². The summed E-state index contributed by atoms with van der Waals surface area (Å²) in [6, 6.07) is 0. The summed E-state index contributed by atoms with van der Waals surface area (Å²) in [5, 5.41) is 2.98. The van der Waals surface area contributed by atoms with Gasteiger partial charge in [-0.15, -0.1) is 0 Å². The Morgan fingerprint density at radius 2 is 2.43 bits per heavy atom. The molecule has 2 unspecified atom stereocenters. The van der Waals surface area contributed by atoms with Crippen LogP contribution in [-0.2, 0) is 14.2 Å². The maximum atomic E-state index is 5.46. The molecule has 0 aromatic carbocycles. The van der Waals surface area contributed by atoms with E-state index < -0.39 is 5.79 Å². The van der Waals surface area contributed by atoms with E-state index in [9.17, 15) is 0 Å². The van der Waals surface area contributed by atoms with Gasteiger partial charge in [-0.2, -0.15) is 0 Å². The van der Waals surface area contributed by atoms with E-state index >= 15 is 0 Å². The number of hydrogen-bond donors (Lipinski definition) is 2. The zero-order valence-corrected chi connectivity index (χ0v) is 8.97. The minimum Gasteiger partial charge on any atom is -0.376 e. The topological polar surface area (TPSA) is 65.7 Å². The van der Waals surface area contributed by atoms with Crippen LogP contribution in [0.4, 0.5) is 0 Å². The Balaban J connectivity index is 2.52. The molecule has 0 bridgehead atoms. The molecule has 1 rings (SSSR count). The second-order valence-electron chi connectivity index (χ2n) is 2.81. The van der Waals surface area contributed by atoms with Gasteiger partial charge in [0, 0.05) is 14.2 Å². The third-order valence-corrected chi connectivity index (χ3v) is 2.05. The van der Waals surface area contributed by atoms with Crippen LogP contribution in [-0.4, -0.2) is 38.0 Å². The number of rotatable bonds is 4. The van der Waals surface area contributed by atoms with Crippen molar-refractivity contribution in [2.45, 2.75) is 12.1 Å². The molecule has 0 fully saturated rings. The van der Waals surface area contributed by atoms with Gasteiger partial charge >= 0.3 is 0 Å². The molecule has 0 aliphatic carbocycles. The zero-order valence-electron chi connectivity index (χ0n) is 8.15. The van der Waals surface area contributed by atoms with Gasteiger partial charge in [-0.1, -0.05) is 0 Å². The second kappa shape index (κ2) is 4.70. The van der Waals surface area contributed by atoms with E-state index in [4.69, 9.17) is 19.9 Å². The maximum Gasteiger partial charge on any atom is 0.208 e. The van der Waals surface area contributed by atoms with Crippen LogP contribution in [0, 0.1) is 0 Å². The summed E-state index contributed by atoms with van der Waals surface area (Å²) in [7, 11) is 3.10. The molecule has 1 heterocycles. The number of hydrogen-bond acceptors (Lipinski definition) is 4. The molecule has 0 saturated carbocycles. The first-order chi connectivity index (χ1) is 6.62. The Bertz CT molecular complexity index is 247. The van der Waals surface area contributed by atoms with Gasteiger partial charge in [0.1, 0.15) is 0 Å². The second-order valence-corrected chi connectivity index (χ2v) is 3.25. The number of methoxy groups -OCH3 is 2. The first kappa shape index (κ1) is 11.4. The SMILES string of the molecule is COC1C=CC(CNC(N)=S)(OC)O1. The smallest absolute Gasteiger partial charge is 0.208 e. The number of nitrogens with one attached hydrogen (secondary N) is 1. The highest BCUT2D eigenvalue weighted by Crippen LogP contribution is 2.23. The molecule has 6 heteroatoms. The van der Waals surface area contributed by atoms with E-state index in [0.717, 1.165) is 0 Å². The van der Waals surface area contributed by atoms with Crippen molar-refractivity contribution in [2.24, 2.45) is 5.73 Å². The molecule has 0 amide bonds. The largest absolute Gasteiger partial charge is 0.376 e. The third-order valence-electron chi connectivity index (χ3n) is 1.91. The molecule has 0 radical (unpaired) electrons. The summed E-state index contributed by atoms with van der Waals surface area (Å²) in [5.74, 6) is -0.843. The first-order valence-electron chi connectivity index (χ1n) is 4.10. The summed E-state index contributed by atoms with van der Waals surface area (Å²) in [5.41, 5.74) is 5.31. The Morgan fingerprint density at radius 3 is 2.86 bits per heavy atom. The highest BCUT2D eigenvalue weighted by atomic mass is 32.1. The lowest BCUT2D eigenvalue weighted by molar-refractivity contribution is -0.237. The molecule has 0 aromatic heterocycles. The molecule has 14 heavy (non-hydrogen) atoms. The Labute approximate surface area is 88.2 Å². The van der Waals surface area contributed by atoms with Crippen LogP contribution in [0.1, 0.15) is 0 Å². The van der Waals surface area contributed by atoms with Crippen molar-refractivity contribution in [2.75, 3.05) is 20.8 Å². The zero-order chi connectivity index (χ0) is 10.6. The minimum absolute atomic E-state index is 0.208. The molecule has 5 nitrogen and oxygen atoms in total. The predicted molar refractivity (Wildman–Crippen MR) is 55.6 cm³/mol. The molecule has 1 aliphatic heterocycles. The van der Waals surface area contributed by atoms with Crippen molar-refractivity contribution in [3.8, 4) is 0 Å². The number of nitrogens with two attached hydrogens (primary N) is 1. The van der Waals surface area contributed by atoms with Gasteiger partial charge in [0.25, 0.3) is 0 Å². The highest BCUT2D eigenvalue weighted by molar-refractivity contribution is 7.80. The normalized spacial score (nSPS) is 30.6. The predicted octanol–water partition coefficient (Wildman–Crippen LogP) is -0.279. The van der Waals surface area contributed by atoms with Gasteiger partial charge in [0.15, 0.2) is 11.4 Å². The van der Waals surface area contributed by atoms with Crippen LogP contribution in [0.15, 0.2) is 12.2 Å². The summed E-state index contributed by atoms with van der Waals surface area (Å²) < 4.78 is 15.7. The monoisotopic (exact) mass is 218 g/mol. The number of thiocarbonyl (C=S) groups is 1. The standard InChI is InChI=1S/C8H14N2O3S/c1-11-6-3-4-8(12-2,13-6)5-10-7(9)14/h3-4,6H,5H2,1-2H3,(H3,9,10,14). The van der Waals surface area contributed by atoms with Crippen LogP contribution >= 0.6 is 12.2 Å². The summed E-state index contributed by atoms with van der Waals surface area (Å²) >= 11 is 4.69. The average Bonchev–Trinajstić information content (AvgIpc) is 2.59. The number of ether oxygens (including phenoxy) is 3. The van der Waals surface area contributed by atoms with E-state index in [2.05, 4.69) is 17.5 Å². The minimum atomic E-state index is -0.843. The molecule has 80 valence electrons. The lowest BCUT2D eigenvalue weighted by Gasteiger charge is -2.27.